The lowest BCUT2D eigenvalue weighted by atomic mass is 9.98. The van der Waals surface area contributed by atoms with E-state index in [0.717, 1.165) is 11.1 Å². The van der Waals surface area contributed by atoms with Crippen LogP contribution < -0.4 is 14.2 Å². The van der Waals surface area contributed by atoms with Crippen LogP contribution in [0.4, 0.5) is 0 Å². The van der Waals surface area contributed by atoms with Crippen molar-refractivity contribution in [3.63, 3.8) is 0 Å². The maximum absolute atomic E-state index is 12.9. The Morgan fingerprint density at radius 2 is 1.68 bits per heavy atom. The first-order valence-corrected chi connectivity index (χ1v) is 10.5. The van der Waals surface area contributed by atoms with Crippen molar-refractivity contribution in [3.05, 3.63) is 53.1 Å². The first kappa shape index (κ1) is 20.5. The summed E-state index contributed by atoms with van der Waals surface area (Å²) >= 11 is 5.95. The quantitative estimate of drug-likeness (QED) is 0.706. The van der Waals surface area contributed by atoms with Gasteiger partial charge in [0.15, 0.2) is 0 Å². The lowest BCUT2D eigenvalue weighted by molar-refractivity contribution is 0.372. The topological polar surface area (TPSA) is 65.1 Å². The van der Waals surface area contributed by atoms with Crippen LogP contribution in [0.15, 0.2) is 47.4 Å². The number of nitrogens with zero attached hydrogens (tertiary/aromatic N) is 1. The van der Waals surface area contributed by atoms with Crippen LogP contribution in [0.3, 0.4) is 0 Å². The number of benzene rings is 2. The number of hydrogen-bond donors (Lipinski definition) is 0. The average molecular weight is 424 g/mol. The molecule has 0 aliphatic carbocycles. The minimum atomic E-state index is -3.61. The molecule has 0 saturated carbocycles. The van der Waals surface area contributed by atoms with Gasteiger partial charge >= 0.3 is 0 Å². The third kappa shape index (κ3) is 3.97. The molecule has 0 bridgehead atoms. The SMILES string of the molecule is COc1cc(OC)c(C2=CCN(S(=O)(=O)c3cccc(Cl)c3)CC2)c(OC)c1. The minimum Gasteiger partial charge on any atom is -0.496 e. The zero-order chi connectivity index (χ0) is 20.3. The van der Waals surface area contributed by atoms with E-state index in [1.807, 2.05) is 6.08 Å². The molecule has 8 heteroatoms. The lowest BCUT2D eigenvalue weighted by Gasteiger charge is -2.27. The fraction of sp³-hybridized carbons (Fsp3) is 0.300. The van der Waals surface area contributed by atoms with Crippen LogP contribution in [0.2, 0.25) is 5.02 Å². The van der Waals surface area contributed by atoms with Crippen LogP contribution >= 0.6 is 11.6 Å². The molecule has 0 spiro atoms. The van der Waals surface area contributed by atoms with Crippen molar-refractivity contribution in [3.8, 4) is 17.2 Å². The predicted octanol–water partition coefficient (Wildman–Crippen LogP) is 3.84. The summed E-state index contributed by atoms with van der Waals surface area (Å²) in [6, 6.07) is 9.87. The van der Waals surface area contributed by atoms with Gasteiger partial charge in [0, 0.05) is 30.2 Å². The van der Waals surface area contributed by atoms with Gasteiger partial charge in [-0.25, -0.2) is 8.42 Å². The number of ether oxygens (including phenoxy) is 3. The molecule has 28 heavy (non-hydrogen) atoms. The van der Waals surface area contributed by atoms with E-state index in [9.17, 15) is 8.42 Å². The van der Waals surface area contributed by atoms with Gasteiger partial charge < -0.3 is 14.2 Å². The molecule has 0 N–H and O–H groups in total. The third-order valence-electron chi connectivity index (χ3n) is 4.64. The van der Waals surface area contributed by atoms with E-state index in [1.165, 1.54) is 10.4 Å². The Bertz CT molecular complexity index is 978. The lowest BCUT2D eigenvalue weighted by Crippen LogP contribution is -2.34. The first-order valence-electron chi connectivity index (χ1n) is 8.66. The molecular formula is C20H22ClNO5S. The number of rotatable bonds is 6. The van der Waals surface area contributed by atoms with Gasteiger partial charge in [0.25, 0.3) is 0 Å². The van der Waals surface area contributed by atoms with E-state index in [-0.39, 0.29) is 11.4 Å². The second-order valence-corrected chi connectivity index (χ2v) is 8.58. The Labute approximate surface area is 170 Å². The molecule has 0 amide bonds. The Hall–Kier alpha value is -2.22. The van der Waals surface area contributed by atoms with Gasteiger partial charge in [0.2, 0.25) is 10.0 Å². The highest BCUT2D eigenvalue weighted by atomic mass is 35.5. The summed E-state index contributed by atoms with van der Waals surface area (Å²) in [6.45, 7) is 0.599. The summed E-state index contributed by atoms with van der Waals surface area (Å²) in [5.41, 5.74) is 1.78. The second kappa shape index (κ2) is 8.43. The highest BCUT2D eigenvalue weighted by Gasteiger charge is 2.28. The van der Waals surface area contributed by atoms with Crippen LogP contribution in [0, 0.1) is 0 Å². The van der Waals surface area contributed by atoms with Crippen LogP contribution in [-0.4, -0.2) is 47.1 Å². The van der Waals surface area contributed by atoms with E-state index in [4.69, 9.17) is 25.8 Å². The molecule has 0 fully saturated rings. The monoisotopic (exact) mass is 423 g/mol. The second-order valence-electron chi connectivity index (χ2n) is 6.21. The largest absolute Gasteiger partial charge is 0.496 e. The predicted molar refractivity (Wildman–Crippen MR) is 109 cm³/mol. The molecule has 2 aromatic carbocycles. The molecule has 1 heterocycles. The maximum atomic E-state index is 12.9. The van der Waals surface area contributed by atoms with E-state index >= 15 is 0 Å². The summed E-state index contributed by atoms with van der Waals surface area (Å²) in [4.78, 5) is 0.191. The molecule has 0 atom stereocenters. The minimum absolute atomic E-state index is 0.191. The van der Waals surface area contributed by atoms with Gasteiger partial charge in [0.05, 0.1) is 31.8 Å². The van der Waals surface area contributed by atoms with Crippen molar-refractivity contribution in [1.29, 1.82) is 0 Å². The Morgan fingerprint density at radius 3 is 2.18 bits per heavy atom. The van der Waals surface area contributed by atoms with Crippen LogP contribution in [0.5, 0.6) is 17.2 Å². The Balaban J connectivity index is 1.92. The van der Waals surface area contributed by atoms with E-state index in [1.54, 1.807) is 51.7 Å². The molecule has 3 rings (SSSR count). The van der Waals surface area contributed by atoms with Crippen molar-refractivity contribution in [1.82, 2.24) is 4.31 Å². The van der Waals surface area contributed by atoms with Gasteiger partial charge in [-0.2, -0.15) is 4.31 Å². The number of halogens is 1. The maximum Gasteiger partial charge on any atom is 0.243 e. The summed E-state index contributed by atoms with van der Waals surface area (Å²) < 4.78 is 43.5. The molecule has 2 aromatic rings. The van der Waals surface area contributed by atoms with Gasteiger partial charge in [-0.1, -0.05) is 23.7 Å². The summed E-state index contributed by atoms with van der Waals surface area (Å²) in [5, 5.41) is 0.391. The normalized spacial score (nSPS) is 15.1. The summed E-state index contributed by atoms with van der Waals surface area (Å²) in [6.07, 6.45) is 2.41. The Morgan fingerprint density at radius 1 is 1.00 bits per heavy atom. The molecular weight excluding hydrogens is 402 g/mol. The molecule has 1 aliphatic rings. The molecule has 150 valence electrons. The van der Waals surface area contributed by atoms with Gasteiger partial charge in [-0.3, -0.25) is 0 Å². The Kier molecular flexibility index (Phi) is 6.17. The van der Waals surface area contributed by atoms with Gasteiger partial charge in [-0.15, -0.1) is 0 Å². The van der Waals surface area contributed by atoms with Crippen LogP contribution in [0.25, 0.3) is 5.57 Å². The molecule has 1 aliphatic heterocycles. The van der Waals surface area contributed by atoms with E-state index < -0.39 is 10.0 Å². The van der Waals surface area contributed by atoms with E-state index in [2.05, 4.69) is 0 Å². The number of methoxy groups -OCH3 is 3. The zero-order valence-corrected chi connectivity index (χ0v) is 17.5. The summed E-state index contributed by atoms with van der Waals surface area (Å²) in [5.74, 6) is 1.86. The summed E-state index contributed by atoms with van der Waals surface area (Å²) in [7, 11) is 1.13. The van der Waals surface area contributed by atoms with Crippen molar-refractivity contribution in [2.75, 3.05) is 34.4 Å². The van der Waals surface area contributed by atoms with Crippen molar-refractivity contribution in [2.24, 2.45) is 0 Å². The fourth-order valence-corrected chi connectivity index (χ4v) is 4.88. The third-order valence-corrected chi connectivity index (χ3v) is 6.74. The molecule has 6 nitrogen and oxygen atoms in total. The molecule has 0 aromatic heterocycles. The van der Waals surface area contributed by atoms with Gasteiger partial charge in [-0.05, 0) is 30.2 Å². The highest BCUT2D eigenvalue weighted by Crippen LogP contribution is 2.41. The highest BCUT2D eigenvalue weighted by molar-refractivity contribution is 7.89. The first-order chi connectivity index (χ1) is 13.4. The fourth-order valence-electron chi connectivity index (χ4n) is 3.19. The van der Waals surface area contributed by atoms with Crippen molar-refractivity contribution >= 4 is 27.2 Å². The molecule has 0 radical (unpaired) electrons. The number of sulfonamides is 1. The van der Waals surface area contributed by atoms with Crippen molar-refractivity contribution < 1.29 is 22.6 Å². The van der Waals surface area contributed by atoms with Gasteiger partial charge in [0.1, 0.15) is 17.2 Å². The average Bonchev–Trinajstić information content (AvgIpc) is 2.72. The molecule has 0 unspecified atom stereocenters. The smallest absolute Gasteiger partial charge is 0.243 e. The van der Waals surface area contributed by atoms with Crippen molar-refractivity contribution in [2.45, 2.75) is 11.3 Å². The molecule has 0 saturated heterocycles. The van der Waals surface area contributed by atoms with E-state index in [0.29, 0.717) is 35.2 Å². The number of hydrogen-bond acceptors (Lipinski definition) is 5. The van der Waals surface area contributed by atoms with Crippen LogP contribution in [0.1, 0.15) is 12.0 Å². The standard InChI is InChI=1S/C20H22ClNO5S/c1-25-16-12-18(26-2)20(19(13-16)27-3)14-7-9-22(10-8-14)28(23,24)17-6-4-5-15(21)11-17/h4-7,11-13H,8-10H2,1-3H3. The zero-order valence-electron chi connectivity index (χ0n) is 15.9. The van der Waals surface area contributed by atoms with Crippen LogP contribution in [-0.2, 0) is 10.0 Å².